The van der Waals surface area contributed by atoms with Crippen molar-refractivity contribution in [2.75, 3.05) is 7.11 Å². The van der Waals surface area contributed by atoms with Crippen LogP contribution in [0.2, 0.25) is 0 Å². The Labute approximate surface area is 81.3 Å². The Morgan fingerprint density at radius 2 is 2.29 bits per heavy atom. The van der Waals surface area contributed by atoms with Crippen LogP contribution in [0.25, 0.3) is 0 Å². The van der Waals surface area contributed by atoms with Crippen molar-refractivity contribution >= 4 is 5.91 Å². The predicted octanol–water partition coefficient (Wildman–Crippen LogP) is 0.238. The summed E-state index contributed by atoms with van der Waals surface area (Å²) < 4.78 is 4.94. The number of rotatable bonds is 1. The standard InChI is InChI=1S/C10H9NO3/c1-14-9-6-8(12)4-2-7(9)3-5-10(11)13/h2,4,6,12H,1H3,(H2,11,13). The number of carbonyl (C=O) groups excluding carboxylic acids is 1. The summed E-state index contributed by atoms with van der Waals surface area (Å²) in [4.78, 5) is 10.4. The minimum absolute atomic E-state index is 0.0754. The molecule has 1 amide bonds. The number of phenols is 1. The quantitative estimate of drug-likeness (QED) is 0.624. The van der Waals surface area contributed by atoms with Crippen LogP contribution < -0.4 is 10.5 Å². The van der Waals surface area contributed by atoms with Gasteiger partial charge in [-0.3, -0.25) is 4.79 Å². The monoisotopic (exact) mass is 191 g/mol. The van der Waals surface area contributed by atoms with Gasteiger partial charge in [-0.15, -0.1) is 0 Å². The third-order valence-electron chi connectivity index (χ3n) is 1.51. The van der Waals surface area contributed by atoms with E-state index in [1.807, 2.05) is 0 Å². The molecule has 0 saturated heterocycles. The third-order valence-corrected chi connectivity index (χ3v) is 1.51. The van der Waals surface area contributed by atoms with Crippen molar-refractivity contribution in [2.24, 2.45) is 5.73 Å². The van der Waals surface area contributed by atoms with Crippen LogP contribution >= 0.6 is 0 Å². The van der Waals surface area contributed by atoms with E-state index in [4.69, 9.17) is 15.6 Å². The Morgan fingerprint density at radius 1 is 1.57 bits per heavy atom. The van der Waals surface area contributed by atoms with Gasteiger partial charge in [0.25, 0.3) is 5.91 Å². The maximum Gasteiger partial charge on any atom is 0.293 e. The van der Waals surface area contributed by atoms with Crippen LogP contribution in [-0.2, 0) is 4.79 Å². The molecule has 1 aromatic rings. The molecule has 4 nitrogen and oxygen atoms in total. The number of amides is 1. The third kappa shape index (κ3) is 2.42. The molecule has 0 aromatic heterocycles. The summed E-state index contributed by atoms with van der Waals surface area (Å²) in [5.41, 5.74) is 5.36. The molecule has 1 aromatic carbocycles. The summed E-state index contributed by atoms with van der Waals surface area (Å²) >= 11 is 0. The molecule has 0 atom stereocenters. The minimum atomic E-state index is -0.708. The van der Waals surface area contributed by atoms with Gasteiger partial charge in [-0.25, -0.2) is 0 Å². The van der Waals surface area contributed by atoms with Crippen molar-refractivity contribution in [2.45, 2.75) is 0 Å². The van der Waals surface area contributed by atoms with E-state index >= 15 is 0 Å². The lowest BCUT2D eigenvalue weighted by Gasteiger charge is -2.02. The normalized spacial score (nSPS) is 8.64. The molecule has 0 radical (unpaired) electrons. The Balaban J connectivity index is 3.10. The molecule has 0 heterocycles. The highest BCUT2D eigenvalue weighted by Crippen LogP contribution is 2.22. The maximum absolute atomic E-state index is 10.4. The van der Waals surface area contributed by atoms with Crippen molar-refractivity contribution in [1.82, 2.24) is 0 Å². The number of nitrogens with two attached hydrogens (primary N) is 1. The summed E-state index contributed by atoms with van der Waals surface area (Å²) in [6.07, 6.45) is 0. The molecule has 1 rings (SSSR count). The lowest BCUT2D eigenvalue weighted by molar-refractivity contribution is -0.112. The average molecular weight is 191 g/mol. The number of ether oxygens (including phenoxy) is 1. The number of hydrogen-bond acceptors (Lipinski definition) is 3. The first-order chi connectivity index (χ1) is 6.63. The smallest absolute Gasteiger partial charge is 0.293 e. The zero-order valence-electron chi connectivity index (χ0n) is 7.57. The van der Waals surface area contributed by atoms with Crippen molar-refractivity contribution in [1.29, 1.82) is 0 Å². The zero-order valence-corrected chi connectivity index (χ0v) is 7.57. The van der Waals surface area contributed by atoms with Crippen molar-refractivity contribution in [3.05, 3.63) is 23.8 Å². The molecule has 0 spiro atoms. The lowest BCUT2D eigenvalue weighted by atomic mass is 10.2. The molecule has 3 N–H and O–H groups in total. The summed E-state index contributed by atoms with van der Waals surface area (Å²) in [7, 11) is 1.45. The average Bonchev–Trinajstić information content (AvgIpc) is 2.15. The number of methoxy groups -OCH3 is 1. The molecular weight excluding hydrogens is 182 g/mol. The van der Waals surface area contributed by atoms with Crippen LogP contribution in [0.15, 0.2) is 18.2 Å². The van der Waals surface area contributed by atoms with E-state index in [1.54, 1.807) is 6.07 Å². The number of benzene rings is 1. The largest absolute Gasteiger partial charge is 0.508 e. The minimum Gasteiger partial charge on any atom is -0.508 e. The SMILES string of the molecule is COc1cc(O)ccc1C#CC(N)=O. The van der Waals surface area contributed by atoms with Gasteiger partial charge < -0.3 is 15.6 Å². The van der Waals surface area contributed by atoms with Gasteiger partial charge in [0.1, 0.15) is 11.5 Å². The topological polar surface area (TPSA) is 72.6 Å². The lowest BCUT2D eigenvalue weighted by Crippen LogP contribution is -2.06. The molecule has 14 heavy (non-hydrogen) atoms. The van der Waals surface area contributed by atoms with Crippen LogP contribution in [0, 0.1) is 11.8 Å². The maximum atomic E-state index is 10.4. The van der Waals surface area contributed by atoms with E-state index in [0.717, 1.165) is 0 Å². The van der Waals surface area contributed by atoms with Crippen molar-refractivity contribution in [3.63, 3.8) is 0 Å². The number of phenolic OH excluding ortho intramolecular Hbond substituents is 1. The van der Waals surface area contributed by atoms with E-state index in [1.165, 1.54) is 19.2 Å². The van der Waals surface area contributed by atoms with Crippen molar-refractivity contribution in [3.8, 4) is 23.3 Å². The first kappa shape index (κ1) is 9.93. The second-order valence-corrected chi connectivity index (χ2v) is 2.50. The van der Waals surface area contributed by atoms with E-state index in [2.05, 4.69) is 11.8 Å². The van der Waals surface area contributed by atoms with Gasteiger partial charge in [-0.1, -0.05) is 5.92 Å². The fourth-order valence-corrected chi connectivity index (χ4v) is 0.912. The van der Waals surface area contributed by atoms with Crippen LogP contribution in [0.3, 0.4) is 0 Å². The Kier molecular flexibility index (Phi) is 2.97. The molecule has 0 fully saturated rings. The summed E-state index contributed by atoms with van der Waals surface area (Å²) in [5.74, 6) is 4.48. The molecular formula is C10H9NO3. The van der Waals surface area contributed by atoms with Gasteiger partial charge in [0.15, 0.2) is 0 Å². The van der Waals surface area contributed by atoms with Crippen molar-refractivity contribution < 1.29 is 14.6 Å². The first-order valence-corrected chi connectivity index (χ1v) is 3.82. The number of aromatic hydroxyl groups is 1. The van der Waals surface area contributed by atoms with Gasteiger partial charge in [-0.2, -0.15) is 0 Å². The summed E-state index contributed by atoms with van der Waals surface area (Å²) in [6, 6.07) is 4.41. The highest BCUT2D eigenvalue weighted by molar-refractivity contribution is 5.92. The Hall–Kier alpha value is -2.15. The fourth-order valence-electron chi connectivity index (χ4n) is 0.912. The number of primary amides is 1. The van der Waals surface area contributed by atoms with E-state index in [-0.39, 0.29) is 5.75 Å². The molecule has 0 aliphatic heterocycles. The van der Waals surface area contributed by atoms with Gasteiger partial charge in [-0.05, 0) is 12.1 Å². The summed E-state index contributed by atoms with van der Waals surface area (Å²) in [5, 5.41) is 9.13. The highest BCUT2D eigenvalue weighted by Gasteiger charge is 2.00. The van der Waals surface area contributed by atoms with Gasteiger partial charge >= 0.3 is 0 Å². The number of hydrogen-bond donors (Lipinski definition) is 2. The zero-order chi connectivity index (χ0) is 10.6. The predicted molar refractivity (Wildman–Crippen MR) is 50.7 cm³/mol. The summed E-state index contributed by atoms with van der Waals surface area (Å²) in [6.45, 7) is 0. The van der Waals surface area contributed by atoms with E-state index in [9.17, 15) is 4.79 Å². The second kappa shape index (κ2) is 4.19. The second-order valence-electron chi connectivity index (χ2n) is 2.50. The fraction of sp³-hybridized carbons (Fsp3) is 0.100. The van der Waals surface area contributed by atoms with Gasteiger partial charge in [0.2, 0.25) is 0 Å². The van der Waals surface area contributed by atoms with E-state index in [0.29, 0.717) is 11.3 Å². The molecule has 4 heteroatoms. The molecule has 0 bridgehead atoms. The Bertz CT molecular complexity index is 415. The van der Waals surface area contributed by atoms with Crippen LogP contribution in [0.5, 0.6) is 11.5 Å². The van der Waals surface area contributed by atoms with Crippen LogP contribution in [0.1, 0.15) is 5.56 Å². The molecule has 0 aliphatic rings. The molecule has 0 unspecified atom stereocenters. The molecule has 0 aliphatic carbocycles. The van der Waals surface area contributed by atoms with Crippen LogP contribution in [-0.4, -0.2) is 18.1 Å². The van der Waals surface area contributed by atoms with Gasteiger partial charge in [0, 0.05) is 12.0 Å². The van der Waals surface area contributed by atoms with E-state index < -0.39 is 5.91 Å². The molecule has 72 valence electrons. The van der Waals surface area contributed by atoms with Gasteiger partial charge in [0.05, 0.1) is 12.7 Å². The first-order valence-electron chi connectivity index (χ1n) is 3.82. The Morgan fingerprint density at radius 3 is 2.86 bits per heavy atom. The van der Waals surface area contributed by atoms with Crippen LogP contribution in [0.4, 0.5) is 0 Å². The molecule has 0 saturated carbocycles. The number of carbonyl (C=O) groups is 1. The highest BCUT2D eigenvalue weighted by atomic mass is 16.5.